The molecule has 0 spiro atoms. The van der Waals surface area contributed by atoms with Crippen LogP contribution in [0.25, 0.3) is 0 Å². The largest absolute Gasteiger partial charge is 0.504 e. The van der Waals surface area contributed by atoms with Crippen LogP contribution in [0.2, 0.25) is 0 Å². The van der Waals surface area contributed by atoms with Crippen LogP contribution in [0.15, 0.2) is 35.6 Å². The zero-order chi connectivity index (χ0) is 13.3. The molecule has 0 aromatic heterocycles. The van der Waals surface area contributed by atoms with E-state index in [1.165, 1.54) is 0 Å². The molecular weight excluding hydrogens is 228 g/mol. The van der Waals surface area contributed by atoms with Gasteiger partial charge in [-0.25, -0.2) is 0 Å². The highest BCUT2D eigenvalue weighted by atomic mass is 16.3. The number of benzene rings is 1. The Hall–Kier alpha value is -1.90. The summed E-state index contributed by atoms with van der Waals surface area (Å²) >= 11 is 0. The molecule has 0 saturated carbocycles. The summed E-state index contributed by atoms with van der Waals surface area (Å²) in [5.74, 6) is -0.614. The molecule has 1 aliphatic rings. The van der Waals surface area contributed by atoms with Gasteiger partial charge in [0.05, 0.1) is 0 Å². The molecule has 1 aliphatic carbocycles. The summed E-state index contributed by atoms with van der Waals surface area (Å²) in [7, 11) is 0. The average Bonchev–Trinajstić information content (AvgIpc) is 2.36. The molecule has 0 unspecified atom stereocenters. The molecule has 1 N–H and O–H groups in total. The minimum atomic E-state index is -0.441. The molecule has 0 bridgehead atoms. The summed E-state index contributed by atoms with van der Waals surface area (Å²) in [5.41, 5.74) is 0.958. The molecular formula is C15H16O3. The maximum atomic E-state index is 12.2. The molecule has 2 rings (SSSR count). The van der Waals surface area contributed by atoms with Crippen molar-refractivity contribution in [1.29, 1.82) is 0 Å². The molecule has 0 aliphatic heterocycles. The van der Waals surface area contributed by atoms with E-state index in [2.05, 4.69) is 0 Å². The number of aliphatic hydroxyl groups excluding tert-OH is 1. The Morgan fingerprint density at radius 1 is 1.06 bits per heavy atom. The van der Waals surface area contributed by atoms with Crippen LogP contribution >= 0.6 is 0 Å². The third-order valence-electron chi connectivity index (χ3n) is 3.16. The Morgan fingerprint density at radius 3 is 2.17 bits per heavy atom. The van der Waals surface area contributed by atoms with E-state index in [0.29, 0.717) is 23.5 Å². The number of hydrogen-bond acceptors (Lipinski definition) is 3. The summed E-state index contributed by atoms with van der Waals surface area (Å²) < 4.78 is 0. The van der Waals surface area contributed by atoms with Gasteiger partial charge in [-0.1, -0.05) is 38.1 Å². The molecule has 3 nitrogen and oxygen atoms in total. The Balaban J connectivity index is 2.40. The van der Waals surface area contributed by atoms with Gasteiger partial charge >= 0.3 is 0 Å². The van der Waals surface area contributed by atoms with Gasteiger partial charge in [-0.2, -0.15) is 0 Å². The van der Waals surface area contributed by atoms with Gasteiger partial charge < -0.3 is 5.11 Å². The zero-order valence-corrected chi connectivity index (χ0v) is 10.6. The monoisotopic (exact) mass is 244 g/mol. The molecule has 1 aromatic carbocycles. The lowest BCUT2D eigenvalue weighted by Gasteiger charge is -2.18. The number of aliphatic hydroxyl groups is 1. The molecule has 18 heavy (non-hydrogen) atoms. The standard InChI is InChI=1S/C15H16O3/c1-9(2)7-8-12-13(16)10-5-3-4-6-11(10)14(17)15(12)18/h3-6,9,18H,7-8H2,1-2H3. The van der Waals surface area contributed by atoms with Crippen molar-refractivity contribution in [2.24, 2.45) is 5.92 Å². The summed E-state index contributed by atoms with van der Waals surface area (Å²) in [4.78, 5) is 24.2. The van der Waals surface area contributed by atoms with Crippen molar-refractivity contribution >= 4 is 11.6 Å². The summed E-state index contributed by atoms with van der Waals surface area (Å²) in [5, 5.41) is 9.88. The van der Waals surface area contributed by atoms with Gasteiger partial charge in [0.25, 0.3) is 0 Å². The number of fused-ring (bicyclic) bond motifs is 1. The first-order valence-corrected chi connectivity index (χ1v) is 6.13. The van der Waals surface area contributed by atoms with Crippen molar-refractivity contribution < 1.29 is 14.7 Å². The first-order valence-electron chi connectivity index (χ1n) is 6.13. The van der Waals surface area contributed by atoms with E-state index in [9.17, 15) is 14.7 Å². The van der Waals surface area contributed by atoms with Crippen LogP contribution in [0.5, 0.6) is 0 Å². The van der Waals surface area contributed by atoms with E-state index in [1.54, 1.807) is 24.3 Å². The minimum Gasteiger partial charge on any atom is -0.504 e. The lowest BCUT2D eigenvalue weighted by atomic mass is 9.85. The van der Waals surface area contributed by atoms with Gasteiger partial charge in [0.1, 0.15) is 0 Å². The molecule has 3 heteroatoms. The highest BCUT2D eigenvalue weighted by Crippen LogP contribution is 2.28. The molecule has 1 aromatic rings. The van der Waals surface area contributed by atoms with E-state index < -0.39 is 5.78 Å². The topological polar surface area (TPSA) is 54.4 Å². The van der Waals surface area contributed by atoms with Crippen LogP contribution in [0.3, 0.4) is 0 Å². The van der Waals surface area contributed by atoms with Crippen molar-refractivity contribution in [3.63, 3.8) is 0 Å². The van der Waals surface area contributed by atoms with E-state index in [0.717, 1.165) is 6.42 Å². The predicted molar refractivity (Wildman–Crippen MR) is 68.8 cm³/mol. The van der Waals surface area contributed by atoms with E-state index in [-0.39, 0.29) is 17.1 Å². The second kappa shape index (κ2) is 4.77. The fourth-order valence-corrected chi connectivity index (χ4v) is 2.08. The van der Waals surface area contributed by atoms with E-state index in [1.807, 2.05) is 13.8 Å². The van der Waals surface area contributed by atoms with Gasteiger partial charge in [0, 0.05) is 16.7 Å². The van der Waals surface area contributed by atoms with Crippen molar-refractivity contribution in [3.8, 4) is 0 Å². The fraction of sp³-hybridized carbons (Fsp3) is 0.333. The molecule has 0 radical (unpaired) electrons. The van der Waals surface area contributed by atoms with Crippen LogP contribution in [0, 0.1) is 5.92 Å². The maximum absolute atomic E-state index is 12.2. The maximum Gasteiger partial charge on any atom is 0.228 e. The quantitative estimate of drug-likeness (QED) is 0.887. The average molecular weight is 244 g/mol. The lowest BCUT2D eigenvalue weighted by Crippen LogP contribution is -2.22. The molecule has 0 amide bonds. The molecule has 0 fully saturated rings. The zero-order valence-electron chi connectivity index (χ0n) is 10.6. The Labute approximate surface area is 106 Å². The Kier molecular flexibility index (Phi) is 3.32. The highest BCUT2D eigenvalue weighted by molar-refractivity contribution is 6.25. The summed E-state index contributed by atoms with van der Waals surface area (Å²) in [6.45, 7) is 4.08. The van der Waals surface area contributed by atoms with E-state index >= 15 is 0 Å². The van der Waals surface area contributed by atoms with Gasteiger partial charge in [-0.15, -0.1) is 0 Å². The smallest absolute Gasteiger partial charge is 0.228 e. The molecule has 0 saturated heterocycles. The van der Waals surface area contributed by atoms with Crippen LogP contribution in [0.1, 0.15) is 47.4 Å². The number of carbonyl (C=O) groups is 2. The number of rotatable bonds is 3. The molecule has 0 heterocycles. The predicted octanol–water partition coefficient (Wildman–Crippen LogP) is 3.31. The third-order valence-corrected chi connectivity index (χ3v) is 3.16. The van der Waals surface area contributed by atoms with Gasteiger partial charge in [0.2, 0.25) is 5.78 Å². The first-order chi connectivity index (χ1) is 8.52. The van der Waals surface area contributed by atoms with Crippen LogP contribution in [0.4, 0.5) is 0 Å². The number of allylic oxidation sites excluding steroid dienone is 2. The van der Waals surface area contributed by atoms with Crippen LogP contribution in [-0.4, -0.2) is 16.7 Å². The van der Waals surface area contributed by atoms with Crippen molar-refractivity contribution in [1.82, 2.24) is 0 Å². The van der Waals surface area contributed by atoms with Crippen LogP contribution in [-0.2, 0) is 0 Å². The van der Waals surface area contributed by atoms with Crippen molar-refractivity contribution in [3.05, 3.63) is 46.7 Å². The normalized spacial score (nSPS) is 15.3. The number of Topliss-reactive ketones (excluding diaryl/α,β-unsaturated/α-hetero) is 2. The third kappa shape index (κ3) is 2.08. The molecule has 94 valence electrons. The number of hydrogen-bond donors (Lipinski definition) is 1. The Morgan fingerprint density at radius 2 is 1.61 bits per heavy atom. The highest BCUT2D eigenvalue weighted by Gasteiger charge is 2.31. The number of carbonyl (C=O) groups excluding carboxylic acids is 2. The lowest BCUT2D eigenvalue weighted by molar-refractivity contribution is 0.0925. The van der Waals surface area contributed by atoms with Gasteiger partial charge in [-0.3, -0.25) is 9.59 Å². The number of ketones is 2. The Bertz CT molecular complexity index is 538. The summed E-state index contributed by atoms with van der Waals surface area (Å²) in [6.07, 6.45) is 1.23. The SMILES string of the molecule is CC(C)CCC1=C(O)C(=O)c2ccccc2C1=O. The van der Waals surface area contributed by atoms with Crippen LogP contribution < -0.4 is 0 Å². The summed E-state index contributed by atoms with van der Waals surface area (Å²) in [6, 6.07) is 6.63. The second-order valence-electron chi connectivity index (χ2n) is 4.96. The van der Waals surface area contributed by atoms with Gasteiger partial charge in [-0.05, 0) is 18.8 Å². The van der Waals surface area contributed by atoms with Crippen molar-refractivity contribution in [2.75, 3.05) is 0 Å². The minimum absolute atomic E-state index is 0.219. The van der Waals surface area contributed by atoms with Crippen molar-refractivity contribution in [2.45, 2.75) is 26.7 Å². The fourth-order valence-electron chi connectivity index (χ4n) is 2.08. The van der Waals surface area contributed by atoms with Gasteiger partial charge in [0.15, 0.2) is 11.5 Å². The second-order valence-corrected chi connectivity index (χ2v) is 4.96. The first kappa shape index (κ1) is 12.6. The molecule has 0 atom stereocenters. The van der Waals surface area contributed by atoms with E-state index in [4.69, 9.17) is 0 Å².